The molecule has 0 spiro atoms. The third-order valence-corrected chi connectivity index (χ3v) is 6.25. The zero-order valence-corrected chi connectivity index (χ0v) is 18.4. The molecule has 1 amide bonds. The van der Waals surface area contributed by atoms with Gasteiger partial charge in [0.05, 0.1) is 10.6 Å². The third kappa shape index (κ3) is 3.94. The number of amides is 1. The maximum atomic E-state index is 12.8. The zero-order valence-electron chi connectivity index (χ0n) is 16.1. The van der Waals surface area contributed by atoms with Crippen LogP contribution >= 0.6 is 27.5 Å². The molecule has 1 saturated heterocycles. The third-order valence-electron chi connectivity index (χ3n) is 5.42. The van der Waals surface area contributed by atoms with Crippen molar-refractivity contribution in [2.45, 2.75) is 18.8 Å². The maximum absolute atomic E-state index is 12.8. The molecule has 5 rings (SSSR count). The van der Waals surface area contributed by atoms with Crippen molar-refractivity contribution in [3.05, 3.63) is 57.5 Å². The van der Waals surface area contributed by atoms with E-state index in [2.05, 4.69) is 36.0 Å². The van der Waals surface area contributed by atoms with Crippen LogP contribution in [0.2, 0.25) is 5.02 Å². The smallest absolute Gasteiger partial charge is 0.255 e. The second-order valence-electron chi connectivity index (χ2n) is 7.54. The van der Waals surface area contributed by atoms with E-state index in [-0.39, 0.29) is 5.91 Å². The first-order chi connectivity index (χ1) is 14.6. The fourth-order valence-electron chi connectivity index (χ4n) is 3.52. The van der Waals surface area contributed by atoms with Crippen molar-refractivity contribution in [3.63, 3.8) is 0 Å². The van der Waals surface area contributed by atoms with E-state index in [0.717, 1.165) is 34.6 Å². The van der Waals surface area contributed by atoms with E-state index >= 15 is 0 Å². The Morgan fingerprint density at radius 2 is 1.93 bits per heavy atom. The van der Waals surface area contributed by atoms with Gasteiger partial charge in [-0.1, -0.05) is 32.7 Å². The number of halogens is 2. The number of pyridine rings is 1. The van der Waals surface area contributed by atoms with Crippen molar-refractivity contribution in [2.24, 2.45) is 0 Å². The van der Waals surface area contributed by atoms with Crippen LogP contribution in [0.15, 0.2) is 45.5 Å². The molecule has 1 aliphatic carbocycles. The molecule has 3 heterocycles. The quantitative estimate of drug-likeness (QED) is 0.542. The van der Waals surface area contributed by atoms with Gasteiger partial charge in [0.1, 0.15) is 5.82 Å². The summed E-state index contributed by atoms with van der Waals surface area (Å²) < 4.78 is 6.16. The molecule has 3 aromatic rings. The molecule has 1 aromatic carbocycles. The Morgan fingerprint density at radius 3 is 2.63 bits per heavy atom. The summed E-state index contributed by atoms with van der Waals surface area (Å²) in [6, 6.07) is 9.25. The lowest BCUT2D eigenvalue weighted by Crippen LogP contribution is -2.49. The molecule has 0 unspecified atom stereocenters. The van der Waals surface area contributed by atoms with Crippen LogP contribution in [0.4, 0.5) is 5.82 Å². The predicted octanol–water partition coefficient (Wildman–Crippen LogP) is 4.39. The van der Waals surface area contributed by atoms with Crippen LogP contribution in [0, 0.1) is 0 Å². The summed E-state index contributed by atoms with van der Waals surface area (Å²) in [5.41, 5.74) is 1.36. The Bertz CT molecular complexity index is 1080. The summed E-state index contributed by atoms with van der Waals surface area (Å²) in [5, 5.41) is 4.53. The number of benzene rings is 1. The van der Waals surface area contributed by atoms with Crippen molar-refractivity contribution in [3.8, 4) is 11.4 Å². The van der Waals surface area contributed by atoms with Crippen LogP contribution in [-0.2, 0) is 0 Å². The number of carbonyl (C=O) groups is 1. The van der Waals surface area contributed by atoms with Gasteiger partial charge in [0.15, 0.2) is 0 Å². The first-order valence-corrected chi connectivity index (χ1v) is 11.0. The average molecular weight is 489 g/mol. The number of piperazine rings is 1. The molecule has 9 heteroatoms. The van der Waals surface area contributed by atoms with Crippen LogP contribution < -0.4 is 4.90 Å². The highest BCUT2D eigenvalue weighted by Gasteiger charge is 2.30. The van der Waals surface area contributed by atoms with Crippen LogP contribution in [0.3, 0.4) is 0 Å². The second-order valence-corrected chi connectivity index (χ2v) is 8.86. The Morgan fingerprint density at radius 1 is 1.13 bits per heavy atom. The molecule has 2 aliphatic rings. The van der Waals surface area contributed by atoms with Gasteiger partial charge in [-0.15, -0.1) is 0 Å². The molecule has 2 aromatic heterocycles. The van der Waals surface area contributed by atoms with Crippen molar-refractivity contribution in [2.75, 3.05) is 31.1 Å². The molecule has 2 fully saturated rings. The van der Waals surface area contributed by atoms with Gasteiger partial charge in [0.2, 0.25) is 11.7 Å². The van der Waals surface area contributed by atoms with E-state index < -0.39 is 0 Å². The summed E-state index contributed by atoms with van der Waals surface area (Å²) in [6.07, 6.45) is 4.03. The molecule has 0 radical (unpaired) electrons. The zero-order chi connectivity index (χ0) is 20.7. The summed E-state index contributed by atoms with van der Waals surface area (Å²) in [6.45, 7) is 2.64. The molecule has 1 aliphatic heterocycles. The van der Waals surface area contributed by atoms with Gasteiger partial charge in [-0.25, -0.2) is 4.98 Å². The standard InChI is InChI=1S/C21H19BrClN5O2/c22-15-4-5-17(23)16(11-15)21(29)28-9-7-27(8-10-28)18-6-3-14(12-24-18)19-25-20(30-26-19)13-1-2-13/h3-6,11-13H,1-2,7-10H2. The summed E-state index contributed by atoms with van der Waals surface area (Å²) in [7, 11) is 0. The molecule has 30 heavy (non-hydrogen) atoms. The molecule has 0 atom stereocenters. The van der Waals surface area contributed by atoms with Gasteiger partial charge in [0, 0.05) is 48.3 Å². The van der Waals surface area contributed by atoms with Gasteiger partial charge in [-0.2, -0.15) is 4.98 Å². The Hall–Kier alpha value is -2.45. The van der Waals surface area contributed by atoms with Gasteiger partial charge in [-0.05, 0) is 43.2 Å². The van der Waals surface area contributed by atoms with Crippen molar-refractivity contribution < 1.29 is 9.32 Å². The van der Waals surface area contributed by atoms with Crippen LogP contribution in [0.5, 0.6) is 0 Å². The lowest BCUT2D eigenvalue weighted by molar-refractivity contribution is 0.0746. The fraction of sp³-hybridized carbons (Fsp3) is 0.333. The summed E-state index contributed by atoms with van der Waals surface area (Å²) in [5.74, 6) is 2.56. The molecular formula is C21H19BrClN5O2. The van der Waals surface area contributed by atoms with Gasteiger partial charge in [-0.3, -0.25) is 4.79 Å². The maximum Gasteiger partial charge on any atom is 0.255 e. The van der Waals surface area contributed by atoms with E-state index in [0.29, 0.717) is 48.5 Å². The Labute approximate surface area is 187 Å². The van der Waals surface area contributed by atoms with Gasteiger partial charge >= 0.3 is 0 Å². The predicted molar refractivity (Wildman–Crippen MR) is 117 cm³/mol. The lowest BCUT2D eigenvalue weighted by atomic mass is 10.1. The number of rotatable bonds is 4. The summed E-state index contributed by atoms with van der Waals surface area (Å²) >= 11 is 9.62. The minimum atomic E-state index is -0.0483. The first kappa shape index (κ1) is 19.5. The van der Waals surface area contributed by atoms with E-state index in [9.17, 15) is 4.79 Å². The highest BCUT2D eigenvalue weighted by atomic mass is 79.9. The van der Waals surface area contributed by atoms with E-state index in [4.69, 9.17) is 16.1 Å². The van der Waals surface area contributed by atoms with Crippen LogP contribution in [0.25, 0.3) is 11.4 Å². The number of anilines is 1. The average Bonchev–Trinajstić information content (AvgIpc) is 3.52. The molecule has 1 saturated carbocycles. The topological polar surface area (TPSA) is 75.4 Å². The highest BCUT2D eigenvalue weighted by Crippen LogP contribution is 2.39. The lowest BCUT2D eigenvalue weighted by Gasteiger charge is -2.35. The van der Waals surface area contributed by atoms with Crippen molar-refractivity contribution in [1.82, 2.24) is 20.0 Å². The molecule has 7 nitrogen and oxygen atoms in total. The van der Waals surface area contributed by atoms with Crippen molar-refractivity contribution >= 4 is 39.3 Å². The number of carbonyl (C=O) groups excluding carboxylic acids is 1. The monoisotopic (exact) mass is 487 g/mol. The van der Waals surface area contributed by atoms with E-state index in [1.54, 1.807) is 18.3 Å². The number of hydrogen-bond donors (Lipinski definition) is 0. The highest BCUT2D eigenvalue weighted by molar-refractivity contribution is 9.10. The van der Waals surface area contributed by atoms with Crippen LogP contribution in [0.1, 0.15) is 35.0 Å². The Kier molecular flexibility index (Phi) is 5.20. The van der Waals surface area contributed by atoms with Crippen LogP contribution in [-0.4, -0.2) is 52.1 Å². The number of nitrogens with zero attached hydrogens (tertiary/aromatic N) is 5. The molecule has 0 bridgehead atoms. The largest absolute Gasteiger partial charge is 0.353 e. The van der Waals surface area contributed by atoms with Crippen molar-refractivity contribution in [1.29, 1.82) is 0 Å². The fourth-order valence-corrected chi connectivity index (χ4v) is 4.08. The minimum Gasteiger partial charge on any atom is -0.353 e. The van der Waals surface area contributed by atoms with E-state index in [1.807, 2.05) is 23.1 Å². The molecule has 154 valence electrons. The second kappa shape index (κ2) is 8.00. The molecular weight excluding hydrogens is 470 g/mol. The number of hydrogen-bond acceptors (Lipinski definition) is 6. The minimum absolute atomic E-state index is 0.0483. The summed E-state index contributed by atoms with van der Waals surface area (Å²) in [4.78, 5) is 25.9. The molecule has 0 N–H and O–H groups in total. The van der Waals surface area contributed by atoms with Gasteiger partial charge in [0.25, 0.3) is 5.91 Å². The first-order valence-electron chi connectivity index (χ1n) is 9.88. The number of aromatic nitrogens is 3. The van der Waals surface area contributed by atoms with Gasteiger partial charge < -0.3 is 14.3 Å². The van der Waals surface area contributed by atoms with E-state index in [1.165, 1.54) is 0 Å². The normalized spacial score (nSPS) is 16.7. The SMILES string of the molecule is O=C(c1cc(Br)ccc1Cl)N1CCN(c2ccc(-c3noc(C4CC4)n3)cn2)CC1. The Balaban J connectivity index is 1.23.